The molecule has 1 aliphatic rings. The Bertz CT molecular complexity index is 1650. The highest BCUT2D eigenvalue weighted by molar-refractivity contribution is 7.92. The van der Waals surface area contributed by atoms with Crippen LogP contribution in [0.2, 0.25) is 0 Å². The Kier molecular flexibility index (Phi) is 5.48. The maximum Gasteiger partial charge on any atom is 0.280 e. The van der Waals surface area contributed by atoms with Gasteiger partial charge in [-0.25, -0.2) is 21.5 Å². The molecule has 1 aromatic carbocycles. The van der Waals surface area contributed by atoms with Crippen molar-refractivity contribution in [3.63, 3.8) is 0 Å². The van der Waals surface area contributed by atoms with Crippen molar-refractivity contribution >= 4 is 42.8 Å². The fourth-order valence-corrected chi connectivity index (χ4v) is 5.39. The first-order valence-electron chi connectivity index (χ1n) is 10.1. The summed E-state index contributed by atoms with van der Waals surface area (Å²) in [5.74, 6) is 0.0572. The Morgan fingerprint density at radius 2 is 1.88 bits per heavy atom. The quantitative estimate of drug-likeness (QED) is 0.455. The van der Waals surface area contributed by atoms with Crippen LogP contribution in [0.1, 0.15) is 20.3 Å². The predicted molar refractivity (Wildman–Crippen MR) is 125 cm³/mol. The van der Waals surface area contributed by atoms with Crippen LogP contribution < -0.4 is 31.0 Å². The lowest BCUT2D eigenvalue weighted by Gasteiger charge is -2.23. The van der Waals surface area contributed by atoms with E-state index in [-0.39, 0.29) is 32.8 Å². The van der Waals surface area contributed by atoms with Crippen LogP contribution in [0.3, 0.4) is 0 Å². The monoisotopic (exact) mass is 493 g/mol. The van der Waals surface area contributed by atoms with Gasteiger partial charge in [-0.3, -0.25) is 23.5 Å². The molecular weight excluding hydrogens is 470 g/mol. The number of hydrogen-bond donors (Lipinski definition) is 3. The lowest BCUT2D eigenvalue weighted by molar-refractivity contribution is 0.455. The highest BCUT2D eigenvalue weighted by Gasteiger charge is 2.28. The third-order valence-corrected chi connectivity index (χ3v) is 7.13. The number of nitrogens with zero attached hydrogens (tertiary/aromatic N) is 2. The van der Waals surface area contributed by atoms with E-state index in [1.165, 1.54) is 21.3 Å². The molecule has 0 saturated carbocycles. The molecule has 3 aromatic rings. The summed E-state index contributed by atoms with van der Waals surface area (Å²) in [5, 5.41) is 2.49. The van der Waals surface area contributed by atoms with Crippen LogP contribution in [0.5, 0.6) is 0 Å². The zero-order valence-corrected chi connectivity index (χ0v) is 19.7. The average Bonchev–Trinajstić information content (AvgIpc) is 3.16. The van der Waals surface area contributed by atoms with E-state index in [2.05, 4.69) is 14.8 Å². The molecule has 176 valence electrons. The maximum atomic E-state index is 13.3. The maximum absolute atomic E-state index is 13.3. The fraction of sp³-hybridized carbons (Fsp3) is 0.300. The summed E-state index contributed by atoms with van der Waals surface area (Å²) in [6.45, 7) is 4.36. The van der Waals surface area contributed by atoms with Gasteiger partial charge in [-0.1, -0.05) is 13.8 Å². The molecule has 0 radical (unpaired) electrons. The third-order valence-electron chi connectivity index (χ3n) is 5.14. The first kappa shape index (κ1) is 22.9. The first-order chi connectivity index (χ1) is 15.4. The fourth-order valence-electron chi connectivity index (χ4n) is 3.61. The van der Waals surface area contributed by atoms with Gasteiger partial charge in [0.05, 0.1) is 11.9 Å². The highest BCUT2D eigenvalue weighted by atomic mass is 32.2. The van der Waals surface area contributed by atoms with E-state index in [0.717, 1.165) is 12.3 Å². The number of aromatic nitrogens is 2. The number of aryl methyl sites for hydroxylation is 1. The van der Waals surface area contributed by atoms with Crippen molar-refractivity contribution in [2.24, 2.45) is 5.92 Å². The summed E-state index contributed by atoms with van der Waals surface area (Å²) in [6, 6.07) is 7.09. The zero-order valence-electron chi connectivity index (χ0n) is 18.1. The van der Waals surface area contributed by atoms with Crippen molar-refractivity contribution in [3.05, 3.63) is 62.3 Å². The topological polar surface area (TPSA) is 148 Å². The number of anilines is 2. The van der Waals surface area contributed by atoms with Crippen LogP contribution in [-0.2, 0) is 26.6 Å². The zero-order chi connectivity index (χ0) is 24.1. The molecule has 1 aliphatic heterocycles. The van der Waals surface area contributed by atoms with Crippen molar-refractivity contribution in [2.75, 3.05) is 16.3 Å². The van der Waals surface area contributed by atoms with Crippen molar-refractivity contribution < 1.29 is 16.8 Å². The van der Waals surface area contributed by atoms with Gasteiger partial charge in [-0.05, 0) is 42.7 Å². The van der Waals surface area contributed by atoms with E-state index < -0.39 is 31.0 Å². The van der Waals surface area contributed by atoms with Crippen LogP contribution in [0.4, 0.5) is 11.4 Å². The molecule has 13 heteroatoms. The smallest absolute Gasteiger partial charge is 0.280 e. The molecule has 0 fully saturated rings. The second-order valence-corrected chi connectivity index (χ2v) is 11.6. The molecule has 33 heavy (non-hydrogen) atoms. The van der Waals surface area contributed by atoms with E-state index in [0.29, 0.717) is 18.9 Å². The van der Waals surface area contributed by atoms with E-state index in [1.807, 2.05) is 13.8 Å². The Labute approximate surface area is 189 Å². The van der Waals surface area contributed by atoms with Gasteiger partial charge in [-0.2, -0.15) is 0 Å². The Balaban J connectivity index is 1.94. The van der Waals surface area contributed by atoms with Gasteiger partial charge in [0.1, 0.15) is 21.5 Å². The molecule has 0 saturated heterocycles. The molecule has 0 amide bonds. The summed E-state index contributed by atoms with van der Waals surface area (Å²) in [4.78, 5) is 26.2. The standard InChI is InChI=1S/C20H23N5O6S2/c1-12(2)8-10-25-20(27)17(18(26)15-5-4-9-24(15)25)19-21-14-7-6-13(22-32(3,28)29)11-16(14)33(30,31)23-19/h4-7,9,11-12,21-23H,8,10H2,1-3H3/b19-17-. The van der Waals surface area contributed by atoms with E-state index >= 15 is 0 Å². The summed E-state index contributed by atoms with van der Waals surface area (Å²) in [6.07, 6.45) is 3.23. The molecule has 0 spiro atoms. The minimum atomic E-state index is -4.21. The second-order valence-electron chi connectivity index (χ2n) is 8.24. The average molecular weight is 494 g/mol. The highest BCUT2D eigenvalue weighted by Crippen LogP contribution is 2.30. The van der Waals surface area contributed by atoms with E-state index in [9.17, 15) is 26.4 Å². The van der Waals surface area contributed by atoms with E-state index in [4.69, 9.17) is 0 Å². The van der Waals surface area contributed by atoms with Crippen LogP contribution in [-0.4, -0.2) is 32.3 Å². The molecule has 0 unspecified atom stereocenters. The number of fused-ring (bicyclic) bond motifs is 2. The molecule has 0 aliphatic carbocycles. The lowest BCUT2D eigenvalue weighted by atomic mass is 10.1. The van der Waals surface area contributed by atoms with Crippen molar-refractivity contribution in [2.45, 2.75) is 31.7 Å². The van der Waals surface area contributed by atoms with E-state index in [1.54, 1.807) is 18.3 Å². The van der Waals surface area contributed by atoms with Crippen LogP contribution in [0, 0.1) is 5.92 Å². The van der Waals surface area contributed by atoms with Crippen molar-refractivity contribution in [1.82, 2.24) is 13.9 Å². The normalized spacial score (nSPS) is 16.8. The Morgan fingerprint density at radius 1 is 1.15 bits per heavy atom. The predicted octanol–water partition coefficient (Wildman–Crippen LogP) is 0.0674. The molecular formula is C20H23N5O6S2. The summed E-state index contributed by atoms with van der Waals surface area (Å²) < 4.78 is 56.2. The number of sulfonamides is 2. The first-order valence-corrected chi connectivity index (χ1v) is 13.4. The van der Waals surface area contributed by atoms with Gasteiger partial charge < -0.3 is 5.32 Å². The largest absolute Gasteiger partial charge is 0.339 e. The number of rotatable bonds is 5. The molecule has 0 bridgehead atoms. The van der Waals surface area contributed by atoms with Crippen LogP contribution in [0.25, 0.3) is 11.3 Å². The minimum absolute atomic E-state index is 0.0574. The second kappa shape index (κ2) is 7.92. The van der Waals surface area contributed by atoms with Gasteiger partial charge in [-0.15, -0.1) is 0 Å². The molecule has 2 aromatic heterocycles. The molecule has 3 heterocycles. The molecule has 3 N–H and O–H groups in total. The Morgan fingerprint density at radius 3 is 2.55 bits per heavy atom. The third kappa shape index (κ3) is 4.33. The number of hydrogen-bond acceptors (Lipinski definition) is 7. The van der Waals surface area contributed by atoms with Gasteiger partial charge in [0, 0.05) is 18.4 Å². The molecule has 4 rings (SSSR count). The summed E-state index contributed by atoms with van der Waals surface area (Å²) in [7, 11) is -7.82. The van der Waals surface area contributed by atoms with Crippen molar-refractivity contribution in [1.29, 1.82) is 0 Å². The number of nitrogens with one attached hydrogen (secondary N) is 3. The minimum Gasteiger partial charge on any atom is -0.339 e. The molecule has 11 nitrogen and oxygen atoms in total. The van der Waals surface area contributed by atoms with Gasteiger partial charge in [0.25, 0.3) is 15.6 Å². The Hall–Kier alpha value is -3.32. The van der Waals surface area contributed by atoms with Crippen LogP contribution >= 0.6 is 0 Å². The van der Waals surface area contributed by atoms with Gasteiger partial charge in [0.2, 0.25) is 15.5 Å². The summed E-state index contributed by atoms with van der Waals surface area (Å²) in [5.41, 5.74) is -0.851. The van der Waals surface area contributed by atoms with Gasteiger partial charge >= 0.3 is 0 Å². The summed E-state index contributed by atoms with van der Waals surface area (Å²) >= 11 is 0. The lowest BCUT2D eigenvalue weighted by Crippen LogP contribution is -2.52. The SMILES string of the molecule is CC(C)CCn1c(=O)/c(=C2/Nc3ccc(NS(C)(=O)=O)cc3S(=O)(=O)N2)c(=O)c2cccn21. The van der Waals surface area contributed by atoms with Crippen LogP contribution in [0.15, 0.2) is 51.0 Å². The van der Waals surface area contributed by atoms with Crippen molar-refractivity contribution in [3.8, 4) is 0 Å². The van der Waals surface area contributed by atoms with Gasteiger partial charge in [0.15, 0.2) is 0 Å². The molecule has 0 atom stereocenters. The number of benzene rings is 1.